The molecule has 1 saturated heterocycles. The van der Waals surface area contributed by atoms with Crippen LogP contribution < -0.4 is 4.72 Å². The van der Waals surface area contributed by atoms with Gasteiger partial charge in [-0.05, 0) is 6.92 Å². The zero-order valence-electron chi connectivity index (χ0n) is 10.5. The van der Waals surface area contributed by atoms with E-state index in [-0.39, 0.29) is 19.6 Å². The van der Waals surface area contributed by atoms with Crippen molar-refractivity contribution in [3.05, 3.63) is 0 Å². The Balaban J connectivity index is 2.86. The predicted molar refractivity (Wildman–Crippen MR) is 62.6 cm³/mol. The summed E-state index contributed by atoms with van der Waals surface area (Å²) in [4.78, 5) is 22.2. The first-order valence-corrected chi connectivity index (χ1v) is 6.97. The first-order valence-electron chi connectivity index (χ1n) is 5.53. The smallest absolute Gasteiger partial charge is 0.421 e. The second-order valence-electron chi connectivity index (χ2n) is 3.84. The van der Waals surface area contributed by atoms with E-state index in [2.05, 4.69) is 4.74 Å². The van der Waals surface area contributed by atoms with Crippen LogP contribution in [0.15, 0.2) is 0 Å². The Morgan fingerprint density at radius 3 is 2.58 bits per heavy atom. The van der Waals surface area contributed by atoms with Crippen LogP contribution in [0.4, 0.5) is 4.79 Å². The molecule has 1 amide bonds. The third-order valence-electron chi connectivity index (χ3n) is 2.63. The molecular weight excluding hydrogens is 280 g/mol. The van der Waals surface area contributed by atoms with E-state index in [1.165, 1.54) is 14.0 Å². The molecule has 1 aliphatic rings. The summed E-state index contributed by atoms with van der Waals surface area (Å²) in [5, 5.41) is 8.99. The zero-order chi connectivity index (χ0) is 14.6. The summed E-state index contributed by atoms with van der Waals surface area (Å²) in [6, 6.07) is -1.27. The summed E-state index contributed by atoms with van der Waals surface area (Å²) in [7, 11) is -2.91. The molecule has 1 fully saturated rings. The normalized spacial score (nSPS) is 24.1. The van der Waals surface area contributed by atoms with E-state index in [0.29, 0.717) is 4.31 Å². The maximum atomic E-state index is 11.9. The van der Waals surface area contributed by atoms with Gasteiger partial charge in [0.2, 0.25) is 0 Å². The fourth-order valence-corrected chi connectivity index (χ4v) is 3.01. The van der Waals surface area contributed by atoms with Crippen molar-refractivity contribution in [2.24, 2.45) is 0 Å². The summed E-state index contributed by atoms with van der Waals surface area (Å²) in [6.07, 6.45) is -1.65. The van der Waals surface area contributed by atoms with Gasteiger partial charge in [0.05, 0.1) is 12.7 Å². The van der Waals surface area contributed by atoms with Crippen LogP contribution >= 0.6 is 0 Å². The molecule has 0 saturated carbocycles. The Kier molecular flexibility index (Phi) is 5.09. The molecular formula is C9H16N2O7S. The Hall–Kier alpha value is -1.39. The number of methoxy groups -OCH3 is 1. The van der Waals surface area contributed by atoms with Gasteiger partial charge in [0.1, 0.15) is 6.04 Å². The minimum Gasteiger partial charge on any atom is -0.480 e. The van der Waals surface area contributed by atoms with Gasteiger partial charge >= 0.3 is 22.3 Å². The van der Waals surface area contributed by atoms with Gasteiger partial charge in [0, 0.05) is 20.1 Å². The Morgan fingerprint density at radius 2 is 2.11 bits per heavy atom. The van der Waals surface area contributed by atoms with E-state index in [9.17, 15) is 18.0 Å². The number of ether oxygens (including phenoxy) is 2. The van der Waals surface area contributed by atoms with Crippen LogP contribution in [0.3, 0.4) is 0 Å². The highest BCUT2D eigenvalue weighted by Gasteiger charge is 2.44. The lowest BCUT2D eigenvalue weighted by Crippen LogP contribution is -2.48. The second kappa shape index (κ2) is 6.17. The van der Waals surface area contributed by atoms with Gasteiger partial charge in [0.25, 0.3) is 0 Å². The number of nitrogens with zero attached hydrogens (tertiary/aromatic N) is 1. The van der Waals surface area contributed by atoms with E-state index < -0.39 is 34.4 Å². The number of hydrogen-bond acceptors (Lipinski definition) is 6. The van der Waals surface area contributed by atoms with Gasteiger partial charge < -0.3 is 14.6 Å². The number of hydrogen-bond donors (Lipinski definition) is 2. The number of rotatable bonds is 5. The minimum atomic E-state index is -4.27. The SMILES string of the molecule is CCOC(=O)NS(=O)(=O)N1CC(OC)CC1C(=O)O. The van der Waals surface area contributed by atoms with Gasteiger partial charge in [-0.3, -0.25) is 4.79 Å². The quantitative estimate of drug-likeness (QED) is 0.677. The Bertz CT molecular complexity index is 449. The van der Waals surface area contributed by atoms with Gasteiger partial charge in [0.15, 0.2) is 0 Å². The lowest BCUT2D eigenvalue weighted by molar-refractivity contribution is -0.140. The fraction of sp³-hybridized carbons (Fsp3) is 0.778. The van der Waals surface area contributed by atoms with Crippen molar-refractivity contribution < 1.29 is 32.6 Å². The average Bonchev–Trinajstić information content (AvgIpc) is 2.73. The van der Waals surface area contributed by atoms with Crippen molar-refractivity contribution in [1.29, 1.82) is 0 Å². The van der Waals surface area contributed by atoms with E-state index in [4.69, 9.17) is 9.84 Å². The summed E-state index contributed by atoms with van der Waals surface area (Å²) in [5.41, 5.74) is 0. The van der Waals surface area contributed by atoms with Crippen LogP contribution in [-0.4, -0.2) is 62.3 Å². The van der Waals surface area contributed by atoms with Crippen molar-refractivity contribution in [3.8, 4) is 0 Å². The predicted octanol–water partition coefficient (Wildman–Crippen LogP) is -0.849. The Labute approximate surface area is 110 Å². The lowest BCUT2D eigenvalue weighted by Gasteiger charge is -2.20. The van der Waals surface area contributed by atoms with Crippen LogP contribution in [-0.2, 0) is 24.5 Å². The molecule has 2 atom stereocenters. The molecule has 0 radical (unpaired) electrons. The minimum absolute atomic E-state index is 0.00437. The van der Waals surface area contributed by atoms with E-state index in [0.717, 1.165) is 0 Å². The number of nitrogens with one attached hydrogen (secondary N) is 1. The summed E-state index contributed by atoms with van der Waals surface area (Å²) in [6.45, 7) is 1.38. The number of carbonyl (C=O) groups is 2. The third kappa shape index (κ3) is 3.78. The molecule has 1 heterocycles. The monoisotopic (exact) mass is 296 g/mol. The highest BCUT2D eigenvalue weighted by molar-refractivity contribution is 7.87. The number of carboxylic acids is 1. The van der Waals surface area contributed by atoms with E-state index in [1.54, 1.807) is 4.72 Å². The molecule has 0 aromatic rings. The summed E-state index contributed by atoms with van der Waals surface area (Å²) in [5.74, 6) is -1.30. The van der Waals surface area contributed by atoms with Gasteiger partial charge in [-0.2, -0.15) is 12.7 Å². The Morgan fingerprint density at radius 1 is 1.47 bits per heavy atom. The number of amides is 1. The molecule has 0 bridgehead atoms. The average molecular weight is 296 g/mol. The number of carbonyl (C=O) groups excluding carboxylic acids is 1. The van der Waals surface area contributed by atoms with Crippen LogP contribution in [0, 0.1) is 0 Å². The highest BCUT2D eigenvalue weighted by atomic mass is 32.2. The molecule has 0 aromatic carbocycles. The first kappa shape index (κ1) is 15.7. The molecule has 9 nitrogen and oxygen atoms in total. The van der Waals surface area contributed by atoms with Crippen LogP contribution in [0.5, 0.6) is 0 Å². The maximum absolute atomic E-state index is 11.9. The first-order chi connectivity index (χ1) is 8.81. The number of carboxylic acid groups (broad SMARTS) is 1. The van der Waals surface area contributed by atoms with Crippen LogP contribution in [0.2, 0.25) is 0 Å². The van der Waals surface area contributed by atoms with Gasteiger partial charge in [-0.15, -0.1) is 0 Å². The largest absolute Gasteiger partial charge is 0.480 e. The van der Waals surface area contributed by atoms with Crippen molar-refractivity contribution in [2.45, 2.75) is 25.5 Å². The molecule has 0 aromatic heterocycles. The van der Waals surface area contributed by atoms with Crippen molar-refractivity contribution >= 4 is 22.3 Å². The standard InChI is InChI=1S/C9H16N2O7S/c1-3-18-9(14)10-19(15,16)11-5-6(17-2)4-7(11)8(12)13/h6-7H,3-5H2,1-2H3,(H,10,14)(H,12,13). The van der Waals surface area contributed by atoms with Crippen molar-refractivity contribution in [2.75, 3.05) is 20.3 Å². The van der Waals surface area contributed by atoms with Crippen molar-refractivity contribution in [1.82, 2.24) is 9.03 Å². The van der Waals surface area contributed by atoms with Crippen LogP contribution in [0.1, 0.15) is 13.3 Å². The topological polar surface area (TPSA) is 122 Å². The van der Waals surface area contributed by atoms with E-state index in [1.807, 2.05) is 0 Å². The lowest BCUT2D eigenvalue weighted by atomic mass is 10.2. The molecule has 0 aliphatic carbocycles. The molecule has 2 N–H and O–H groups in total. The maximum Gasteiger partial charge on any atom is 0.421 e. The fourth-order valence-electron chi connectivity index (χ4n) is 1.75. The zero-order valence-corrected chi connectivity index (χ0v) is 11.3. The molecule has 10 heteroatoms. The van der Waals surface area contributed by atoms with Gasteiger partial charge in [-0.1, -0.05) is 0 Å². The van der Waals surface area contributed by atoms with Crippen LogP contribution in [0.25, 0.3) is 0 Å². The molecule has 1 rings (SSSR count). The summed E-state index contributed by atoms with van der Waals surface area (Å²) >= 11 is 0. The second-order valence-corrected chi connectivity index (χ2v) is 5.47. The number of aliphatic carboxylic acids is 1. The van der Waals surface area contributed by atoms with Gasteiger partial charge in [-0.25, -0.2) is 9.52 Å². The molecule has 1 aliphatic heterocycles. The van der Waals surface area contributed by atoms with E-state index >= 15 is 0 Å². The molecule has 19 heavy (non-hydrogen) atoms. The third-order valence-corrected chi connectivity index (χ3v) is 4.08. The molecule has 110 valence electrons. The highest BCUT2D eigenvalue weighted by Crippen LogP contribution is 2.22. The molecule has 2 unspecified atom stereocenters. The molecule has 0 spiro atoms. The summed E-state index contributed by atoms with van der Waals surface area (Å²) < 4.78 is 35.5. The van der Waals surface area contributed by atoms with Crippen molar-refractivity contribution in [3.63, 3.8) is 0 Å².